The largest absolute Gasteiger partial charge is 0.475 e. The fourth-order valence-electron chi connectivity index (χ4n) is 2.49. The minimum Gasteiger partial charge on any atom is -0.475 e. The van der Waals surface area contributed by atoms with Gasteiger partial charge in [0.1, 0.15) is 0 Å². The number of rotatable bonds is 3. The standard InChI is InChI=1S/C14H19NO4/c1-9(2)10-5-7-15(8-6-10)13(16)11-3-4-12(19-11)14(17)18/h3-4,9-10H,5-8H2,1-2H3,(H,17,18). The van der Waals surface area contributed by atoms with Gasteiger partial charge in [0, 0.05) is 13.1 Å². The third-order valence-electron chi connectivity index (χ3n) is 3.80. The van der Waals surface area contributed by atoms with Crippen molar-refractivity contribution >= 4 is 11.9 Å². The molecule has 1 saturated heterocycles. The SMILES string of the molecule is CC(C)C1CCN(C(=O)c2ccc(C(=O)O)o2)CC1. The molecule has 1 amide bonds. The van der Waals surface area contributed by atoms with E-state index in [-0.39, 0.29) is 17.4 Å². The van der Waals surface area contributed by atoms with Crippen LogP contribution in [0, 0.1) is 11.8 Å². The van der Waals surface area contributed by atoms with E-state index in [4.69, 9.17) is 9.52 Å². The summed E-state index contributed by atoms with van der Waals surface area (Å²) in [5, 5.41) is 8.77. The van der Waals surface area contributed by atoms with Crippen LogP contribution in [0.15, 0.2) is 16.5 Å². The second kappa shape index (κ2) is 5.47. The Kier molecular flexibility index (Phi) is 3.93. The predicted molar refractivity (Wildman–Crippen MR) is 69.1 cm³/mol. The number of hydrogen-bond acceptors (Lipinski definition) is 3. The first-order valence-corrected chi connectivity index (χ1v) is 6.61. The maximum Gasteiger partial charge on any atom is 0.371 e. The van der Waals surface area contributed by atoms with E-state index in [1.807, 2.05) is 0 Å². The van der Waals surface area contributed by atoms with Crippen LogP contribution in [0.5, 0.6) is 0 Å². The van der Waals surface area contributed by atoms with Crippen molar-refractivity contribution in [2.45, 2.75) is 26.7 Å². The van der Waals surface area contributed by atoms with Crippen molar-refractivity contribution in [3.05, 3.63) is 23.7 Å². The molecule has 104 valence electrons. The van der Waals surface area contributed by atoms with E-state index in [1.54, 1.807) is 4.90 Å². The van der Waals surface area contributed by atoms with E-state index in [9.17, 15) is 9.59 Å². The molecule has 0 unspecified atom stereocenters. The minimum absolute atomic E-state index is 0.111. The highest BCUT2D eigenvalue weighted by Gasteiger charge is 2.27. The molecule has 0 atom stereocenters. The van der Waals surface area contributed by atoms with E-state index in [2.05, 4.69) is 13.8 Å². The van der Waals surface area contributed by atoms with Crippen LogP contribution in [0.1, 0.15) is 47.8 Å². The highest BCUT2D eigenvalue weighted by atomic mass is 16.4. The summed E-state index contributed by atoms with van der Waals surface area (Å²) in [6.45, 7) is 5.83. The van der Waals surface area contributed by atoms with E-state index in [1.165, 1.54) is 12.1 Å². The Morgan fingerprint density at radius 3 is 2.32 bits per heavy atom. The topological polar surface area (TPSA) is 70.8 Å². The molecular weight excluding hydrogens is 246 g/mol. The van der Waals surface area contributed by atoms with Gasteiger partial charge >= 0.3 is 5.97 Å². The zero-order valence-corrected chi connectivity index (χ0v) is 11.3. The monoisotopic (exact) mass is 265 g/mol. The number of carboxylic acid groups (broad SMARTS) is 1. The first kappa shape index (κ1) is 13.6. The van der Waals surface area contributed by atoms with Gasteiger partial charge in [0.05, 0.1) is 0 Å². The summed E-state index contributed by atoms with van der Waals surface area (Å²) in [6, 6.07) is 2.75. The van der Waals surface area contributed by atoms with Gasteiger partial charge in [-0.1, -0.05) is 13.8 Å². The Hall–Kier alpha value is -1.78. The van der Waals surface area contributed by atoms with E-state index >= 15 is 0 Å². The summed E-state index contributed by atoms with van der Waals surface area (Å²) in [6.07, 6.45) is 1.99. The number of piperidine rings is 1. The maximum atomic E-state index is 12.2. The Labute approximate surface area is 112 Å². The Balaban J connectivity index is 1.99. The van der Waals surface area contributed by atoms with Gasteiger partial charge in [0.2, 0.25) is 5.76 Å². The lowest BCUT2D eigenvalue weighted by molar-refractivity contribution is 0.0615. The minimum atomic E-state index is -1.16. The van der Waals surface area contributed by atoms with Crippen molar-refractivity contribution < 1.29 is 19.1 Å². The molecule has 0 aromatic carbocycles. The number of hydrogen-bond donors (Lipinski definition) is 1. The van der Waals surface area contributed by atoms with Gasteiger partial charge < -0.3 is 14.4 Å². The molecule has 5 heteroatoms. The molecule has 19 heavy (non-hydrogen) atoms. The molecule has 0 radical (unpaired) electrons. The molecular formula is C14H19NO4. The molecule has 1 aliphatic heterocycles. The fourth-order valence-corrected chi connectivity index (χ4v) is 2.49. The van der Waals surface area contributed by atoms with Crippen molar-refractivity contribution in [2.24, 2.45) is 11.8 Å². The molecule has 0 saturated carbocycles. The van der Waals surface area contributed by atoms with Crippen LogP contribution in [-0.4, -0.2) is 35.0 Å². The lowest BCUT2D eigenvalue weighted by atomic mass is 9.87. The molecule has 1 N–H and O–H groups in total. The second-order valence-corrected chi connectivity index (χ2v) is 5.34. The van der Waals surface area contributed by atoms with Crippen LogP contribution in [0.3, 0.4) is 0 Å². The number of carboxylic acids is 1. The average Bonchev–Trinajstić information content (AvgIpc) is 2.87. The summed E-state index contributed by atoms with van der Waals surface area (Å²) in [4.78, 5) is 24.6. The highest BCUT2D eigenvalue weighted by molar-refractivity contribution is 5.93. The van der Waals surface area contributed by atoms with Crippen molar-refractivity contribution in [3.8, 4) is 0 Å². The molecule has 2 rings (SSSR count). The van der Waals surface area contributed by atoms with Crippen LogP contribution in [0.2, 0.25) is 0 Å². The number of likely N-dealkylation sites (tertiary alicyclic amines) is 1. The zero-order valence-electron chi connectivity index (χ0n) is 11.3. The first-order chi connectivity index (χ1) is 8.99. The molecule has 1 aromatic heterocycles. The second-order valence-electron chi connectivity index (χ2n) is 5.34. The van der Waals surface area contributed by atoms with Gasteiger partial charge in [0.15, 0.2) is 5.76 Å². The molecule has 0 spiro atoms. The van der Waals surface area contributed by atoms with Gasteiger partial charge in [0.25, 0.3) is 5.91 Å². The number of furan rings is 1. The quantitative estimate of drug-likeness (QED) is 0.911. The van der Waals surface area contributed by atoms with Crippen LogP contribution >= 0.6 is 0 Å². The summed E-state index contributed by atoms with van der Waals surface area (Å²) in [7, 11) is 0. The van der Waals surface area contributed by atoms with Crippen molar-refractivity contribution in [1.82, 2.24) is 4.90 Å². The van der Waals surface area contributed by atoms with Crippen LogP contribution < -0.4 is 0 Å². The average molecular weight is 265 g/mol. The smallest absolute Gasteiger partial charge is 0.371 e. The molecule has 1 aromatic rings. The molecule has 0 aliphatic carbocycles. The molecule has 1 fully saturated rings. The molecule has 1 aliphatic rings. The lowest BCUT2D eigenvalue weighted by Gasteiger charge is -2.33. The lowest BCUT2D eigenvalue weighted by Crippen LogP contribution is -2.39. The van der Waals surface area contributed by atoms with Gasteiger partial charge in [-0.2, -0.15) is 0 Å². The van der Waals surface area contributed by atoms with Crippen LogP contribution in [0.4, 0.5) is 0 Å². The summed E-state index contributed by atoms with van der Waals surface area (Å²) in [5.41, 5.74) is 0. The van der Waals surface area contributed by atoms with Gasteiger partial charge in [-0.25, -0.2) is 4.79 Å². The Morgan fingerprint density at radius 1 is 1.26 bits per heavy atom. The first-order valence-electron chi connectivity index (χ1n) is 6.61. The van der Waals surface area contributed by atoms with E-state index in [0.717, 1.165) is 12.8 Å². The third-order valence-corrected chi connectivity index (χ3v) is 3.80. The number of aromatic carboxylic acids is 1. The van der Waals surface area contributed by atoms with Crippen molar-refractivity contribution in [3.63, 3.8) is 0 Å². The van der Waals surface area contributed by atoms with Gasteiger partial charge in [-0.15, -0.1) is 0 Å². The summed E-state index contributed by atoms with van der Waals surface area (Å²) in [5.74, 6) is -0.150. The normalized spacial score (nSPS) is 16.9. The third kappa shape index (κ3) is 2.97. The van der Waals surface area contributed by atoms with E-state index < -0.39 is 5.97 Å². The highest BCUT2D eigenvalue weighted by Crippen LogP contribution is 2.25. The summed E-state index contributed by atoms with van der Waals surface area (Å²) >= 11 is 0. The number of amides is 1. The van der Waals surface area contributed by atoms with E-state index in [0.29, 0.717) is 24.9 Å². The van der Waals surface area contributed by atoms with Crippen LogP contribution in [-0.2, 0) is 0 Å². The summed E-state index contributed by atoms with van der Waals surface area (Å²) < 4.78 is 5.04. The van der Waals surface area contributed by atoms with Crippen LogP contribution in [0.25, 0.3) is 0 Å². The van der Waals surface area contributed by atoms with Gasteiger partial charge in [-0.3, -0.25) is 4.79 Å². The number of carbonyl (C=O) groups is 2. The number of nitrogens with zero attached hydrogens (tertiary/aromatic N) is 1. The molecule has 2 heterocycles. The zero-order chi connectivity index (χ0) is 14.0. The molecule has 0 bridgehead atoms. The predicted octanol–water partition coefficient (Wildman–Crippen LogP) is 2.49. The Bertz CT molecular complexity index is 470. The Morgan fingerprint density at radius 2 is 1.84 bits per heavy atom. The van der Waals surface area contributed by atoms with Crippen molar-refractivity contribution in [1.29, 1.82) is 0 Å². The fraction of sp³-hybridized carbons (Fsp3) is 0.571. The number of carbonyl (C=O) groups excluding carboxylic acids is 1. The van der Waals surface area contributed by atoms with Crippen molar-refractivity contribution in [2.75, 3.05) is 13.1 Å². The maximum absolute atomic E-state index is 12.2. The molecule has 5 nitrogen and oxygen atoms in total. The van der Waals surface area contributed by atoms with Gasteiger partial charge in [-0.05, 0) is 36.8 Å².